The maximum absolute atomic E-state index is 13.1. The van der Waals surface area contributed by atoms with Gasteiger partial charge in [0.15, 0.2) is 0 Å². The number of hydrogen-bond acceptors (Lipinski definition) is 3. The van der Waals surface area contributed by atoms with E-state index in [1.807, 2.05) is 32.0 Å². The molecule has 144 valence electrons. The Morgan fingerprint density at radius 1 is 1.07 bits per heavy atom. The van der Waals surface area contributed by atoms with Crippen molar-refractivity contribution in [3.8, 4) is 0 Å². The normalized spacial score (nSPS) is 17.4. The van der Waals surface area contributed by atoms with Crippen molar-refractivity contribution in [2.45, 2.75) is 25.9 Å². The molecule has 1 N–H and O–H groups in total. The molecule has 27 heavy (non-hydrogen) atoms. The Morgan fingerprint density at radius 2 is 1.74 bits per heavy atom. The van der Waals surface area contributed by atoms with Gasteiger partial charge in [-0.3, -0.25) is 9.69 Å². The third-order valence-electron chi connectivity index (χ3n) is 5.14. The molecule has 0 aliphatic carbocycles. The van der Waals surface area contributed by atoms with E-state index >= 15 is 0 Å². The molecule has 1 amide bonds. The average molecular weight is 390 g/mol. The number of carbonyl (C=O) groups excluding carboxylic acids is 1. The Kier molecular flexibility index (Phi) is 6.34. The van der Waals surface area contributed by atoms with Gasteiger partial charge in [0, 0.05) is 36.9 Å². The van der Waals surface area contributed by atoms with Gasteiger partial charge in [0.2, 0.25) is 5.91 Å². The summed E-state index contributed by atoms with van der Waals surface area (Å²) in [5.41, 5.74) is 2.01. The lowest BCUT2D eigenvalue weighted by molar-refractivity contribution is -0.126. The van der Waals surface area contributed by atoms with Crippen molar-refractivity contribution in [3.05, 3.63) is 64.9 Å². The Labute approximate surface area is 164 Å². The third-order valence-corrected chi connectivity index (χ3v) is 5.38. The second kappa shape index (κ2) is 8.72. The minimum atomic E-state index is -0.275. The summed E-state index contributed by atoms with van der Waals surface area (Å²) < 4.78 is 13.1. The number of nitrogens with zero attached hydrogens (tertiary/aromatic N) is 2. The number of hydrogen-bond donors (Lipinski definition) is 1. The molecule has 0 spiro atoms. The van der Waals surface area contributed by atoms with E-state index in [-0.39, 0.29) is 23.8 Å². The number of halogens is 2. The number of piperazine rings is 1. The monoisotopic (exact) mass is 389 g/mol. The Morgan fingerprint density at radius 3 is 2.37 bits per heavy atom. The number of anilines is 1. The van der Waals surface area contributed by atoms with E-state index in [0.29, 0.717) is 0 Å². The van der Waals surface area contributed by atoms with Crippen LogP contribution in [0.1, 0.15) is 25.5 Å². The first kappa shape index (κ1) is 19.6. The van der Waals surface area contributed by atoms with Gasteiger partial charge in [0.1, 0.15) is 5.82 Å². The molecule has 4 nitrogen and oxygen atoms in total. The van der Waals surface area contributed by atoms with Crippen LogP contribution in [0.5, 0.6) is 0 Å². The number of carbonyl (C=O) groups is 1. The molecule has 2 atom stereocenters. The van der Waals surface area contributed by atoms with Gasteiger partial charge < -0.3 is 10.2 Å². The van der Waals surface area contributed by atoms with E-state index in [9.17, 15) is 9.18 Å². The second-order valence-corrected chi connectivity index (χ2v) is 7.40. The van der Waals surface area contributed by atoms with Crippen LogP contribution in [-0.4, -0.2) is 43.0 Å². The van der Waals surface area contributed by atoms with E-state index in [1.165, 1.54) is 12.1 Å². The van der Waals surface area contributed by atoms with Crippen LogP contribution in [0.15, 0.2) is 48.5 Å². The molecule has 0 aromatic heterocycles. The minimum Gasteiger partial charge on any atom is -0.369 e. The van der Waals surface area contributed by atoms with Gasteiger partial charge in [-0.05, 0) is 49.7 Å². The summed E-state index contributed by atoms with van der Waals surface area (Å²) in [5.74, 6) is -0.286. The quantitative estimate of drug-likeness (QED) is 0.843. The van der Waals surface area contributed by atoms with Gasteiger partial charge in [-0.15, -0.1) is 0 Å². The van der Waals surface area contributed by atoms with E-state index in [4.69, 9.17) is 11.6 Å². The van der Waals surface area contributed by atoms with E-state index in [2.05, 4.69) is 21.2 Å². The van der Waals surface area contributed by atoms with Gasteiger partial charge >= 0.3 is 0 Å². The van der Waals surface area contributed by atoms with Crippen molar-refractivity contribution >= 4 is 23.2 Å². The lowest BCUT2D eigenvalue weighted by Gasteiger charge is -2.38. The second-order valence-electron chi connectivity index (χ2n) is 6.96. The first-order chi connectivity index (χ1) is 12.9. The summed E-state index contributed by atoms with van der Waals surface area (Å²) >= 11 is 6.08. The first-order valence-electron chi connectivity index (χ1n) is 9.24. The van der Waals surface area contributed by atoms with Crippen molar-refractivity contribution in [1.29, 1.82) is 0 Å². The standard InChI is InChI=1S/C21H25ClFN3O/c1-15(17-6-8-19(23)9-7-17)24-21(27)16(2)25-10-12-26(13-11-25)20-5-3-4-18(22)14-20/h3-9,14-16H,10-13H2,1-2H3,(H,24,27). The molecule has 1 aliphatic rings. The number of amides is 1. The number of benzene rings is 2. The first-order valence-corrected chi connectivity index (χ1v) is 9.62. The molecule has 1 aliphatic heterocycles. The maximum atomic E-state index is 13.1. The van der Waals surface area contributed by atoms with Gasteiger partial charge in [-0.1, -0.05) is 29.8 Å². The molecule has 1 fully saturated rings. The van der Waals surface area contributed by atoms with Crippen molar-refractivity contribution in [3.63, 3.8) is 0 Å². The minimum absolute atomic E-state index is 0.0111. The highest BCUT2D eigenvalue weighted by Crippen LogP contribution is 2.21. The van der Waals surface area contributed by atoms with Gasteiger partial charge in [0.05, 0.1) is 12.1 Å². The van der Waals surface area contributed by atoms with Crippen LogP contribution in [-0.2, 0) is 4.79 Å². The molecule has 3 rings (SSSR count). The fourth-order valence-corrected chi connectivity index (χ4v) is 3.56. The molecule has 0 bridgehead atoms. The average Bonchev–Trinajstić information content (AvgIpc) is 2.68. The van der Waals surface area contributed by atoms with Gasteiger partial charge in [-0.2, -0.15) is 0 Å². The van der Waals surface area contributed by atoms with E-state index in [0.717, 1.165) is 42.5 Å². The number of nitrogens with one attached hydrogen (secondary N) is 1. The highest BCUT2D eigenvalue weighted by atomic mass is 35.5. The SMILES string of the molecule is CC(NC(=O)C(C)N1CCN(c2cccc(Cl)c2)CC1)c1ccc(F)cc1. The summed E-state index contributed by atoms with van der Waals surface area (Å²) in [7, 11) is 0. The van der Waals surface area contributed by atoms with E-state index < -0.39 is 0 Å². The molecule has 2 aromatic carbocycles. The van der Waals surface area contributed by atoms with Crippen LogP contribution in [0, 0.1) is 5.82 Å². The summed E-state index contributed by atoms with van der Waals surface area (Å²) in [4.78, 5) is 17.1. The fourth-order valence-electron chi connectivity index (χ4n) is 3.37. The summed E-state index contributed by atoms with van der Waals surface area (Å²) in [6.07, 6.45) is 0. The van der Waals surface area contributed by atoms with Crippen LogP contribution >= 0.6 is 11.6 Å². The van der Waals surface area contributed by atoms with Crippen LogP contribution in [0.2, 0.25) is 5.02 Å². The zero-order valence-corrected chi connectivity index (χ0v) is 16.4. The topological polar surface area (TPSA) is 35.6 Å². The molecule has 0 saturated carbocycles. The van der Waals surface area contributed by atoms with Crippen LogP contribution in [0.25, 0.3) is 0 Å². The molecule has 0 radical (unpaired) electrons. The molecule has 1 saturated heterocycles. The van der Waals surface area contributed by atoms with E-state index in [1.54, 1.807) is 12.1 Å². The lowest BCUT2D eigenvalue weighted by Crippen LogP contribution is -2.54. The summed E-state index contributed by atoms with van der Waals surface area (Å²) in [6.45, 7) is 7.17. The smallest absolute Gasteiger partial charge is 0.237 e. The Hall–Kier alpha value is -2.11. The molecule has 2 unspecified atom stereocenters. The van der Waals surface area contributed by atoms with Crippen molar-refractivity contribution < 1.29 is 9.18 Å². The van der Waals surface area contributed by atoms with Gasteiger partial charge in [0.25, 0.3) is 0 Å². The van der Waals surface area contributed by atoms with Crippen molar-refractivity contribution in [1.82, 2.24) is 10.2 Å². The van der Waals surface area contributed by atoms with Gasteiger partial charge in [-0.25, -0.2) is 4.39 Å². The van der Waals surface area contributed by atoms with Crippen molar-refractivity contribution in [2.75, 3.05) is 31.1 Å². The zero-order valence-electron chi connectivity index (χ0n) is 15.7. The summed E-state index contributed by atoms with van der Waals surface area (Å²) in [5, 5.41) is 3.76. The Bertz CT molecular complexity index is 775. The molecular weight excluding hydrogens is 365 g/mol. The fraction of sp³-hybridized carbons (Fsp3) is 0.381. The molecular formula is C21H25ClFN3O. The Balaban J connectivity index is 1.53. The number of rotatable bonds is 5. The maximum Gasteiger partial charge on any atom is 0.237 e. The van der Waals surface area contributed by atoms with Crippen LogP contribution in [0.4, 0.5) is 10.1 Å². The molecule has 2 aromatic rings. The zero-order chi connectivity index (χ0) is 19.4. The molecule has 1 heterocycles. The summed E-state index contributed by atoms with van der Waals surface area (Å²) in [6, 6.07) is 13.7. The molecule has 6 heteroatoms. The third kappa shape index (κ3) is 4.99. The van der Waals surface area contributed by atoms with Crippen LogP contribution in [0.3, 0.4) is 0 Å². The van der Waals surface area contributed by atoms with Crippen molar-refractivity contribution in [2.24, 2.45) is 0 Å². The highest BCUT2D eigenvalue weighted by Gasteiger charge is 2.26. The highest BCUT2D eigenvalue weighted by molar-refractivity contribution is 6.30. The predicted molar refractivity (Wildman–Crippen MR) is 108 cm³/mol. The predicted octanol–water partition coefficient (Wildman–Crippen LogP) is 3.87. The van der Waals surface area contributed by atoms with Crippen LogP contribution < -0.4 is 10.2 Å². The largest absolute Gasteiger partial charge is 0.369 e. The lowest BCUT2D eigenvalue weighted by atomic mass is 10.1.